The van der Waals surface area contributed by atoms with Crippen molar-refractivity contribution in [2.24, 2.45) is 11.7 Å². The second kappa shape index (κ2) is 5.16. The SMILES string of the molecule is COc1ccccc1N1C(=O)OC2(C=C1N)CN1CCC2CC1. The number of amides is 1. The van der Waals surface area contributed by atoms with E-state index >= 15 is 0 Å². The molecular formula is C17H21N3O3. The number of anilines is 1. The smallest absolute Gasteiger partial charge is 0.421 e. The van der Waals surface area contributed by atoms with Crippen molar-refractivity contribution in [1.82, 2.24) is 4.90 Å². The van der Waals surface area contributed by atoms with Crippen LogP contribution < -0.4 is 15.4 Å². The van der Waals surface area contributed by atoms with Crippen LogP contribution in [0.2, 0.25) is 0 Å². The first-order valence-corrected chi connectivity index (χ1v) is 8.00. The number of hydrogen-bond donors (Lipinski definition) is 1. The maximum Gasteiger partial charge on any atom is 0.421 e. The number of fused-ring (bicyclic) bond motifs is 2. The second-order valence-electron chi connectivity index (χ2n) is 6.45. The minimum atomic E-state index is -0.573. The molecule has 2 N–H and O–H groups in total. The number of methoxy groups -OCH3 is 1. The summed E-state index contributed by atoms with van der Waals surface area (Å²) in [4.78, 5) is 16.5. The maximum absolute atomic E-state index is 12.7. The number of hydrogen-bond acceptors (Lipinski definition) is 5. The van der Waals surface area contributed by atoms with E-state index in [0.717, 1.165) is 32.5 Å². The number of carbonyl (C=O) groups excluding carboxylic acids is 1. The van der Waals surface area contributed by atoms with Gasteiger partial charge in [-0.25, -0.2) is 9.69 Å². The highest BCUT2D eigenvalue weighted by atomic mass is 16.6. The Balaban J connectivity index is 1.72. The molecule has 0 aromatic heterocycles. The fraction of sp³-hybridized carbons (Fsp3) is 0.471. The molecule has 3 saturated heterocycles. The molecule has 0 radical (unpaired) electrons. The topological polar surface area (TPSA) is 68.0 Å². The molecule has 6 nitrogen and oxygen atoms in total. The molecule has 1 amide bonds. The summed E-state index contributed by atoms with van der Waals surface area (Å²) < 4.78 is 11.3. The number of benzene rings is 1. The lowest BCUT2D eigenvalue weighted by Crippen LogP contribution is -2.63. The van der Waals surface area contributed by atoms with Crippen LogP contribution in [-0.2, 0) is 4.74 Å². The van der Waals surface area contributed by atoms with Gasteiger partial charge in [0.25, 0.3) is 0 Å². The zero-order valence-corrected chi connectivity index (χ0v) is 13.2. The van der Waals surface area contributed by atoms with E-state index in [4.69, 9.17) is 15.2 Å². The Kier molecular flexibility index (Phi) is 3.23. The fourth-order valence-corrected chi connectivity index (χ4v) is 4.05. The molecule has 1 aromatic rings. The second-order valence-corrected chi connectivity index (χ2v) is 6.45. The first kappa shape index (κ1) is 14.4. The van der Waals surface area contributed by atoms with Gasteiger partial charge in [0, 0.05) is 18.5 Å². The zero-order valence-electron chi connectivity index (χ0n) is 13.2. The van der Waals surface area contributed by atoms with Crippen molar-refractivity contribution < 1.29 is 14.3 Å². The maximum atomic E-state index is 12.7. The van der Waals surface area contributed by atoms with Gasteiger partial charge in [0.05, 0.1) is 12.8 Å². The zero-order chi connectivity index (χ0) is 16.0. The molecule has 4 aliphatic rings. The van der Waals surface area contributed by atoms with E-state index < -0.39 is 11.7 Å². The van der Waals surface area contributed by atoms with Gasteiger partial charge in [0.1, 0.15) is 11.6 Å². The van der Waals surface area contributed by atoms with Gasteiger partial charge in [0.15, 0.2) is 5.60 Å². The molecule has 1 aromatic carbocycles. The predicted octanol–water partition coefficient (Wildman–Crippen LogP) is 1.92. The molecule has 2 bridgehead atoms. The molecule has 5 rings (SSSR count). The molecule has 4 aliphatic heterocycles. The minimum Gasteiger partial charge on any atom is -0.495 e. The van der Waals surface area contributed by atoms with Crippen molar-refractivity contribution in [3.63, 3.8) is 0 Å². The number of ether oxygens (including phenoxy) is 2. The Morgan fingerprint density at radius 1 is 1.30 bits per heavy atom. The average Bonchev–Trinajstić information content (AvgIpc) is 2.55. The number of nitrogens with zero attached hydrogens (tertiary/aromatic N) is 2. The van der Waals surface area contributed by atoms with Crippen molar-refractivity contribution in [3.05, 3.63) is 36.2 Å². The molecule has 0 saturated carbocycles. The first-order valence-electron chi connectivity index (χ1n) is 8.00. The van der Waals surface area contributed by atoms with Gasteiger partial charge in [-0.2, -0.15) is 0 Å². The summed E-state index contributed by atoms with van der Waals surface area (Å²) in [7, 11) is 1.57. The summed E-state index contributed by atoms with van der Waals surface area (Å²) in [5.41, 5.74) is 6.30. The summed E-state index contributed by atoms with van der Waals surface area (Å²) >= 11 is 0. The van der Waals surface area contributed by atoms with Crippen molar-refractivity contribution in [3.8, 4) is 5.75 Å². The molecule has 1 atom stereocenters. The lowest BCUT2D eigenvalue weighted by Gasteiger charge is -2.53. The number of rotatable bonds is 2. The van der Waals surface area contributed by atoms with Crippen LogP contribution in [0.5, 0.6) is 5.75 Å². The third-order valence-corrected chi connectivity index (χ3v) is 5.19. The van der Waals surface area contributed by atoms with E-state index in [0.29, 0.717) is 23.2 Å². The van der Waals surface area contributed by atoms with Crippen LogP contribution in [-0.4, -0.2) is 43.3 Å². The Labute approximate surface area is 135 Å². The highest BCUT2D eigenvalue weighted by Gasteiger charge is 2.52. The van der Waals surface area contributed by atoms with E-state index in [9.17, 15) is 4.79 Å². The number of carbonyl (C=O) groups is 1. The summed E-state index contributed by atoms with van der Waals surface area (Å²) in [6.45, 7) is 2.89. The predicted molar refractivity (Wildman–Crippen MR) is 86.1 cm³/mol. The Morgan fingerprint density at radius 3 is 2.65 bits per heavy atom. The highest BCUT2D eigenvalue weighted by molar-refractivity contribution is 5.94. The quantitative estimate of drug-likeness (QED) is 0.903. The van der Waals surface area contributed by atoms with Gasteiger partial charge in [-0.1, -0.05) is 12.1 Å². The van der Waals surface area contributed by atoms with Crippen LogP contribution >= 0.6 is 0 Å². The largest absolute Gasteiger partial charge is 0.495 e. The monoisotopic (exact) mass is 315 g/mol. The number of piperidine rings is 3. The fourth-order valence-electron chi connectivity index (χ4n) is 4.05. The summed E-state index contributed by atoms with van der Waals surface area (Å²) in [6.07, 6.45) is 3.59. The first-order chi connectivity index (χ1) is 11.1. The summed E-state index contributed by atoms with van der Waals surface area (Å²) in [6, 6.07) is 7.30. The van der Waals surface area contributed by atoms with Gasteiger partial charge in [-0.3, -0.25) is 4.90 Å². The number of nitrogens with two attached hydrogens (primary N) is 1. The minimum absolute atomic E-state index is 0.356. The van der Waals surface area contributed by atoms with Crippen LogP contribution in [0.4, 0.5) is 10.5 Å². The van der Waals surface area contributed by atoms with E-state index in [1.165, 1.54) is 4.90 Å². The summed E-state index contributed by atoms with van der Waals surface area (Å²) in [5, 5.41) is 0. The van der Waals surface area contributed by atoms with Crippen molar-refractivity contribution in [2.75, 3.05) is 31.6 Å². The van der Waals surface area contributed by atoms with Crippen molar-refractivity contribution >= 4 is 11.8 Å². The van der Waals surface area contributed by atoms with Crippen LogP contribution in [0.25, 0.3) is 0 Å². The van der Waals surface area contributed by atoms with E-state index in [1.54, 1.807) is 19.2 Å². The molecule has 122 valence electrons. The summed E-state index contributed by atoms with van der Waals surface area (Å²) in [5.74, 6) is 1.36. The van der Waals surface area contributed by atoms with Crippen LogP contribution in [0.15, 0.2) is 36.2 Å². The Morgan fingerprint density at radius 2 is 2.04 bits per heavy atom. The lowest BCUT2D eigenvalue weighted by atomic mass is 9.74. The standard InChI is InChI=1S/C17H21N3O3/c1-22-14-5-3-2-4-13(14)20-15(18)10-17(23-16(20)21)11-19-8-6-12(17)7-9-19/h2-5,10,12H,6-9,11,18H2,1H3. The molecule has 6 heteroatoms. The normalized spacial score (nSPS) is 32.7. The van der Waals surface area contributed by atoms with Crippen molar-refractivity contribution in [1.29, 1.82) is 0 Å². The van der Waals surface area contributed by atoms with Crippen molar-refractivity contribution in [2.45, 2.75) is 18.4 Å². The van der Waals surface area contributed by atoms with Gasteiger partial charge in [-0.15, -0.1) is 0 Å². The molecule has 23 heavy (non-hydrogen) atoms. The van der Waals surface area contributed by atoms with Crippen LogP contribution in [0, 0.1) is 5.92 Å². The van der Waals surface area contributed by atoms with Gasteiger partial charge >= 0.3 is 6.09 Å². The van der Waals surface area contributed by atoms with Crippen LogP contribution in [0.3, 0.4) is 0 Å². The molecule has 1 spiro atoms. The molecular weight excluding hydrogens is 294 g/mol. The van der Waals surface area contributed by atoms with Gasteiger partial charge in [0.2, 0.25) is 0 Å². The third-order valence-electron chi connectivity index (χ3n) is 5.19. The highest BCUT2D eigenvalue weighted by Crippen LogP contribution is 2.43. The lowest BCUT2D eigenvalue weighted by molar-refractivity contribution is -0.0860. The third kappa shape index (κ3) is 2.16. The molecule has 0 aliphatic carbocycles. The average molecular weight is 315 g/mol. The van der Waals surface area contributed by atoms with Gasteiger partial charge < -0.3 is 15.2 Å². The van der Waals surface area contributed by atoms with Crippen LogP contribution in [0.1, 0.15) is 12.8 Å². The molecule has 3 fully saturated rings. The Bertz CT molecular complexity index is 667. The number of para-hydroxylation sites is 2. The van der Waals surface area contributed by atoms with E-state index in [-0.39, 0.29) is 0 Å². The Hall–Kier alpha value is -2.21. The van der Waals surface area contributed by atoms with Gasteiger partial charge in [-0.05, 0) is 38.1 Å². The van der Waals surface area contributed by atoms with E-state index in [2.05, 4.69) is 4.90 Å². The molecule has 4 heterocycles. The molecule has 1 unspecified atom stereocenters. The van der Waals surface area contributed by atoms with E-state index in [1.807, 2.05) is 18.2 Å².